The second-order valence-corrected chi connectivity index (χ2v) is 10.1. The summed E-state index contributed by atoms with van der Waals surface area (Å²) in [6.07, 6.45) is 5.76. The normalized spacial score (nSPS) is 15.7. The van der Waals surface area contributed by atoms with Gasteiger partial charge in [0.1, 0.15) is 23.0 Å². The van der Waals surface area contributed by atoms with Gasteiger partial charge in [0.25, 0.3) is 0 Å². The lowest BCUT2D eigenvalue weighted by Crippen LogP contribution is -2.19. The zero-order valence-corrected chi connectivity index (χ0v) is 21.2. The maximum atomic E-state index is 5.77. The summed E-state index contributed by atoms with van der Waals surface area (Å²) in [6, 6.07) is 10.5. The van der Waals surface area contributed by atoms with Crippen LogP contribution < -0.4 is 9.47 Å². The molecule has 1 aliphatic heterocycles. The molecule has 1 atom stereocenters. The number of methoxy groups -OCH3 is 2. The van der Waals surface area contributed by atoms with Gasteiger partial charge in [0.05, 0.1) is 26.2 Å². The number of aromatic nitrogens is 6. The Morgan fingerprint density at radius 2 is 1.86 bits per heavy atom. The molecule has 0 aliphatic carbocycles. The van der Waals surface area contributed by atoms with Crippen molar-refractivity contribution in [2.75, 3.05) is 14.2 Å². The molecule has 0 saturated carbocycles. The Kier molecular flexibility index (Phi) is 5.83. The number of imidazole rings is 1. The van der Waals surface area contributed by atoms with Crippen LogP contribution in [0.1, 0.15) is 62.2 Å². The average Bonchev–Trinajstić information content (AvgIpc) is 3.48. The monoisotopic (exact) mass is 472 g/mol. The first-order valence-electron chi connectivity index (χ1n) is 12.0. The SMILES string of the molecule is COc1cc([C@H]2CCCn3nc(-c4ccc(-n5cnc(C)c5)c(OC)n4)nc32)ccc1C(C)(C)C. The summed E-state index contributed by atoms with van der Waals surface area (Å²) in [5, 5.41) is 4.82. The molecule has 8 heteroatoms. The van der Waals surface area contributed by atoms with Gasteiger partial charge in [-0.15, -0.1) is 5.10 Å². The summed E-state index contributed by atoms with van der Waals surface area (Å²) >= 11 is 0. The van der Waals surface area contributed by atoms with Crippen LogP contribution in [-0.2, 0) is 12.0 Å². The molecule has 0 unspecified atom stereocenters. The molecule has 1 aliphatic rings. The van der Waals surface area contributed by atoms with Crippen molar-refractivity contribution in [1.82, 2.24) is 29.3 Å². The Bertz CT molecular complexity index is 1360. The first-order valence-corrected chi connectivity index (χ1v) is 12.0. The van der Waals surface area contributed by atoms with E-state index in [1.165, 1.54) is 11.1 Å². The van der Waals surface area contributed by atoms with Crippen LogP contribution in [0.2, 0.25) is 0 Å². The highest BCUT2D eigenvalue weighted by atomic mass is 16.5. The van der Waals surface area contributed by atoms with Crippen LogP contribution in [0.3, 0.4) is 0 Å². The van der Waals surface area contributed by atoms with Crippen molar-refractivity contribution in [1.29, 1.82) is 0 Å². The standard InChI is InChI=1S/C27H32N6O2/c1-17-15-32(16-28-17)22-12-11-21(29-26(22)35-6)24-30-25-19(8-7-13-33(25)31-24)18-9-10-20(27(2,3)4)23(14-18)34-5/h9-12,14-16,19H,7-8,13H2,1-6H3/t19-/m1/s1. The number of pyridine rings is 1. The number of rotatable bonds is 5. The van der Waals surface area contributed by atoms with Gasteiger partial charge in [0.15, 0.2) is 5.82 Å². The number of nitrogens with zero attached hydrogens (tertiary/aromatic N) is 6. The molecule has 0 bridgehead atoms. The van der Waals surface area contributed by atoms with E-state index >= 15 is 0 Å². The van der Waals surface area contributed by atoms with Crippen LogP contribution in [-0.4, -0.2) is 43.5 Å². The number of ether oxygens (including phenoxy) is 2. The summed E-state index contributed by atoms with van der Waals surface area (Å²) in [5.74, 6) is 3.15. The van der Waals surface area contributed by atoms with Gasteiger partial charge in [-0.1, -0.05) is 32.9 Å². The minimum Gasteiger partial charge on any atom is -0.496 e. The molecule has 0 N–H and O–H groups in total. The molecule has 4 heterocycles. The van der Waals surface area contributed by atoms with E-state index in [-0.39, 0.29) is 11.3 Å². The first kappa shape index (κ1) is 23.1. The second-order valence-electron chi connectivity index (χ2n) is 10.1. The summed E-state index contributed by atoms with van der Waals surface area (Å²) in [4.78, 5) is 14.0. The molecule has 5 rings (SSSR count). The van der Waals surface area contributed by atoms with Crippen molar-refractivity contribution in [3.63, 3.8) is 0 Å². The van der Waals surface area contributed by atoms with E-state index in [1.807, 2.05) is 34.5 Å². The van der Waals surface area contributed by atoms with Gasteiger partial charge in [-0.05, 0) is 54.5 Å². The van der Waals surface area contributed by atoms with Gasteiger partial charge < -0.3 is 14.0 Å². The number of hydrogen-bond acceptors (Lipinski definition) is 6. The average molecular weight is 473 g/mol. The third-order valence-electron chi connectivity index (χ3n) is 6.56. The van der Waals surface area contributed by atoms with Gasteiger partial charge in [0, 0.05) is 18.7 Å². The van der Waals surface area contributed by atoms with E-state index in [1.54, 1.807) is 20.5 Å². The molecule has 0 saturated heterocycles. The Labute approximate surface area is 206 Å². The molecule has 0 radical (unpaired) electrons. The van der Waals surface area contributed by atoms with Crippen LogP contribution >= 0.6 is 0 Å². The van der Waals surface area contributed by atoms with Gasteiger partial charge in [-0.2, -0.15) is 0 Å². The lowest BCUT2D eigenvalue weighted by Gasteiger charge is -2.26. The molecular formula is C27H32N6O2. The van der Waals surface area contributed by atoms with Crippen molar-refractivity contribution in [2.24, 2.45) is 0 Å². The fourth-order valence-corrected chi connectivity index (χ4v) is 4.78. The van der Waals surface area contributed by atoms with Crippen molar-refractivity contribution in [2.45, 2.75) is 58.4 Å². The fourth-order valence-electron chi connectivity index (χ4n) is 4.78. The fraction of sp³-hybridized carbons (Fsp3) is 0.407. The van der Waals surface area contributed by atoms with E-state index in [0.29, 0.717) is 17.4 Å². The van der Waals surface area contributed by atoms with E-state index in [4.69, 9.17) is 24.5 Å². The third-order valence-corrected chi connectivity index (χ3v) is 6.56. The second kappa shape index (κ2) is 8.83. The quantitative estimate of drug-likeness (QED) is 0.403. The molecule has 1 aromatic carbocycles. The maximum absolute atomic E-state index is 5.77. The maximum Gasteiger partial charge on any atom is 0.238 e. The molecule has 8 nitrogen and oxygen atoms in total. The van der Waals surface area contributed by atoms with Gasteiger partial charge in [0.2, 0.25) is 5.88 Å². The first-order chi connectivity index (χ1) is 16.8. The minimum atomic E-state index is 0.00985. The van der Waals surface area contributed by atoms with Crippen LogP contribution in [0.25, 0.3) is 17.2 Å². The Hall–Kier alpha value is -3.68. The van der Waals surface area contributed by atoms with Crippen LogP contribution in [0.5, 0.6) is 11.6 Å². The van der Waals surface area contributed by atoms with Crippen LogP contribution in [0, 0.1) is 6.92 Å². The molecule has 35 heavy (non-hydrogen) atoms. The Morgan fingerprint density at radius 1 is 1.03 bits per heavy atom. The molecule has 3 aromatic heterocycles. The summed E-state index contributed by atoms with van der Waals surface area (Å²) in [5.41, 5.74) is 4.85. The van der Waals surface area contributed by atoms with Crippen LogP contribution in [0.4, 0.5) is 0 Å². The van der Waals surface area contributed by atoms with Crippen molar-refractivity contribution >= 4 is 0 Å². The van der Waals surface area contributed by atoms with E-state index in [0.717, 1.165) is 42.3 Å². The summed E-state index contributed by atoms with van der Waals surface area (Å²) < 4.78 is 15.3. The predicted octanol–water partition coefficient (Wildman–Crippen LogP) is 5.07. The molecule has 0 fully saturated rings. The lowest BCUT2D eigenvalue weighted by atomic mass is 9.83. The number of fused-ring (bicyclic) bond motifs is 1. The minimum absolute atomic E-state index is 0.00985. The van der Waals surface area contributed by atoms with Crippen molar-refractivity contribution < 1.29 is 9.47 Å². The number of hydrogen-bond donors (Lipinski definition) is 0. The zero-order valence-electron chi connectivity index (χ0n) is 21.2. The Balaban J connectivity index is 1.51. The summed E-state index contributed by atoms with van der Waals surface area (Å²) in [7, 11) is 3.36. The molecule has 4 aromatic rings. The zero-order chi connectivity index (χ0) is 24.7. The highest BCUT2D eigenvalue weighted by Gasteiger charge is 2.28. The van der Waals surface area contributed by atoms with E-state index < -0.39 is 0 Å². The van der Waals surface area contributed by atoms with Gasteiger partial charge >= 0.3 is 0 Å². The number of benzene rings is 1. The Morgan fingerprint density at radius 3 is 2.54 bits per heavy atom. The van der Waals surface area contributed by atoms with E-state index in [2.05, 4.69) is 44.0 Å². The largest absolute Gasteiger partial charge is 0.496 e. The van der Waals surface area contributed by atoms with Gasteiger partial charge in [-0.25, -0.2) is 19.6 Å². The molecule has 0 spiro atoms. The molecular weight excluding hydrogens is 440 g/mol. The molecule has 0 amide bonds. The van der Waals surface area contributed by atoms with E-state index in [9.17, 15) is 0 Å². The van der Waals surface area contributed by atoms with Crippen molar-refractivity contribution in [3.8, 4) is 28.8 Å². The smallest absolute Gasteiger partial charge is 0.238 e. The highest BCUT2D eigenvalue weighted by Crippen LogP contribution is 2.38. The third kappa shape index (κ3) is 4.29. The highest BCUT2D eigenvalue weighted by molar-refractivity contribution is 5.56. The van der Waals surface area contributed by atoms with Crippen molar-refractivity contribution in [3.05, 3.63) is 65.5 Å². The lowest BCUT2D eigenvalue weighted by molar-refractivity contribution is 0.395. The molecule has 182 valence electrons. The number of aryl methyl sites for hydroxylation is 2. The van der Waals surface area contributed by atoms with Gasteiger partial charge in [-0.3, -0.25) is 0 Å². The van der Waals surface area contributed by atoms with Crippen LogP contribution in [0.15, 0.2) is 42.9 Å². The summed E-state index contributed by atoms with van der Waals surface area (Å²) in [6.45, 7) is 9.41. The predicted molar refractivity (Wildman–Crippen MR) is 134 cm³/mol. The topological polar surface area (TPSA) is 79.9 Å².